The molecule has 2 aromatic rings. The average molecular weight is 292 g/mol. The second-order valence-corrected chi connectivity index (χ2v) is 6.84. The number of sulfonamides is 1. The zero-order valence-electron chi connectivity index (χ0n) is 10.0. The minimum atomic E-state index is -3.42. The maximum Gasteiger partial charge on any atom is 0.263 e. The molecule has 0 bridgehead atoms. The van der Waals surface area contributed by atoms with Crippen LogP contribution in [0.15, 0.2) is 51.7 Å². The highest BCUT2D eigenvalue weighted by molar-refractivity contribution is 7.90. The smallest absolute Gasteiger partial charge is 0.263 e. The van der Waals surface area contributed by atoms with E-state index < -0.39 is 10.0 Å². The summed E-state index contributed by atoms with van der Waals surface area (Å²) < 4.78 is 26.2. The van der Waals surface area contributed by atoms with Crippen LogP contribution in [0, 0.1) is 0 Å². The van der Waals surface area contributed by atoms with Gasteiger partial charge in [0.05, 0.1) is 4.90 Å². The van der Waals surface area contributed by atoms with Crippen LogP contribution >= 0.6 is 11.3 Å². The largest absolute Gasteiger partial charge is 0.267 e. The van der Waals surface area contributed by atoms with Crippen molar-refractivity contribution in [3.63, 3.8) is 0 Å². The van der Waals surface area contributed by atoms with Crippen molar-refractivity contribution in [2.45, 2.75) is 11.3 Å². The van der Waals surface area contributed by atoms with Crippen molar-refractivity contribution in [3.8, 4) is 0 Å². The van der Waals surface area contributed by atoms with Gasteiger partial charge in [0.2, 0.25) is 0 Å². The molecule has 0 aliphatic carbocycles. The maximum absolute atomic E-state index is 11.9. The van der Waals surface area contributed by atoms with Crippen LogP contribution in [0.2, 0.25) is 0 Å². The topological polar surface area (TPSA) is 58.5 Å². The molecule has 0 amide bonds. The molecule has 1 aromatic heterocycles. The summed E-state index contributed by atoms with van der Waals surface area (Å²) in [7, 11) is -3.42. The molecule has 6 heteroatoms. The van der Waals surface area contributed by atoms with Gasteiger partial charge in [0.25, 0.3) is 10.0 Å². The van der Waals surface area contributed by atoms with E-state index in [1.54, 1.807) is 29.5 Å². The van der Waals surface area contributed by atoms with Crippen LogP contribution in [0.3, 0.4) is 0 Å². The molecule has 0 spiro atoms. The van der Waals surface area contributed by atoms with E-state index in [1.165, 1.54) is 4.88 Å². The Morgan fingerprint density at radius 3 is 2.79 bits per heavy atom. The summed E-state index contributed by atoms with van der Waals surface area (Å²) in [5.41, 5.74) is 0.661. The minimum absolute atomic E-state index is 0.310. The molecule has 0 unspecified atom stereocenters. The number of thiophene rings is 1. The number of fused-ring (bicyclic) bond motifs is 1. The fraction of sp³-hybridized carbons (Fsp3) is 0.154. The highest BCUT2D eigenvalue weighted by Gasteiger charge is 2.29. The van der Waals surface area contributed by atoms with Crippen LogP contribution in [0.1, 0.15) is 10.4 Å². The normalized spacial score (nSPS) is 18.2. The van der Waals surface area contributed by atoms with E-state index in [1.807, 2.05) is 17.5 Å². The zero-order valence-corrected chi connectivity index (χ0v) is 11.7. The molecule has 19 heavy (non-hydrogen) atoms. The quantitative estimate of drug-likeness (QED) is 0.941. The lowest BCUT2D eigenvalue weighted by molar-refractivity contribution is 0.595. The van der Waals surface area contributed by atoms with E-state index in [0.717, 1.165) is 6.42 Å². The fourth-order valence-electron chi connectivity index (χ4n) is 1.98. The van der Waals surface area contributed by atoms with E-state index in [-0.39, 0.29) is 0 Å². The third-order valence-electron chi connectivity index (χ3n) is 2.87. The maximum atomic E-state index is 11.9. The lowest BCUT2D eigenvalue weighted by Crippen LogP contribution is -2.22. The van der Waals surface area contributed by atoms with Crippen molar-refractivity contribution in [1.29, 1.82) is 0 Å². The molecule has 1 aliphatic heterocycles. The summed E-state index contributed by atoms with van der Waals surface area (Å²) in [4.78, 5) is 5.93. The van der Waals surface area contributed by atoms with Gasteiger partial charge in [0.1, 0.15) is 5.84 Å². The van der Waals surface area contributed by atoms with Crippen molar-refractivity contribution in [2.24, 2.45) is 4.99 Å². The number of hydrogen-bond acceptors (Lipinski definition) is 4. The van der Waals surface area contributed by atoms with Gasteiger partial charge in [-0.1, -0.05) is 18.2 Å². The van der Waals surface area contributed by atoms with E-state index in [2.05, 4.69) is 15.8 Å². The van der Waals surface area contributed by atoms with Crippen molar-refractivity contribution in [3.05, 3.63) is 52.2 Å². The van der Waals surface area contributed by atoms with Crippen LogP contribution in [0.25, 0.3) is 0 Å². The zero-order chi connectivity index (χ0) is 13.3. The standard InChI is InChI=1S/C13H12N2O2S2/c16-19(17)12-6-2-1-5-11(12)13(15-19)14-8-7-10-4-3-9-18-10/h1-6,9H,7-8H2,(H,14,15). The van der Waals surface area contributed by atoms with E-state index in [9.17, 15) is 8.42 Å². The first-order valence-corrected chi connectivity index (χ1v) is 8.22. The number of benzene rings is 1. The van der Waals surface area contributed by atoms with Gasteiger partial charge >= 0.3 is 0 Å². The van der Waals surface area contributed by atoms with Gasteiger partial charge in [0, 0.05) is 23.4 Å². The minimum Gasteiger partial charge on any atom is -0.267 e. The Labute approximate surface area is 115 Å². The van der Waals surface area contributed by atoms with Crippen LogP contribution in [0.5, 0.6) is 0 Å². The fourth-order valence-corrected chi connectivity index (χ4v) is 3.93. The third-order valence-corrected chi connectivity index (χ3v) is 5.20. The monoisotopic (exact) mass is 292 g/mol. The first-order chi connectivity index (χ1) is 9.17. The Bertz CT molecular complexity index is 719. The van der Waals surface area contributed by atoms with Gasteiger partial charge in [0.15, 0.2) is 0 Å². The Morgan fingerprint density at radius 1 is 1.16 bits per heavy atom. The molecule has 0 saturated carbocycles. The number of nitrogens with zero attached hydrogens (tertiary/aromatic N) is 1. The van der Waals surface area contributed by atoms with Crippen molar-refractivity contribution < 1.29 is 8.42 Å². The number of rotatable bonds is 3. The molecule has 0 atom stereocenters. The van der Waals surface area contributed by atoms with Gasteiger partial charge in [-0.05, 0) is 23.6 Å². The summed E-state index contributed by atoms with van der Waals surface area (Å²) >= 11 is 1.68. The van der Waals surface area contributed by atoms with Crippen molar-refractivity contribution in [2.75, 3.05) is 6.54 Å². The van der Waals surface area contributed by atoms with Gasteiger partial charge in [-0.25, -0.2) is 8.42 Å². The third kappa shape index (κ3) is 2.41. The molecule has 4 nitrogen and oxygen atoms in total. The molecule has 1 N–H and O–H groups in total. The molecule has 2 heterocycles. The van der Waals surface area contributed by atoms with Gasteiger partial charge in [-0.15, -0.1) is 11.3 Å². The predicted molar refractivity (Wildman–Crippen MR) is 76.2 cm³/mol. The highest BCUT2D eigenvalue weighted by atomic mass is 32.2. The summed E-state index contributed by atoms with van der Waals surface area (Å²) in [6.45, 7) is 0.576. The van der Waals surface area contributed by atoms with Gasteiger partial charge in [-0.2, -0.15) is 0 Å². The Hall–Kier alpha value is -1.66. The first kappa shape index (κ1) is 12.4. The number of nitrogens with one attached hydrogen (secondary N) is 1. The van der Waals surface area contributed by atoms with E-state index >= 15 is 0 Å². The van der Waals surface area contributed by atoms with Crippen LogP contribution in [-0.2, 0) is 16.4 Å². The molecule has 1 aromatic carbocycles. The molecule has 1 aliphatic rings. The van der Waals surface area contributed by atoms with Gasteiger partial charge in [-0.3, -0.25) is 9.71 Å². The molecule has 0 radical (unpaired) electrons. The Morgan fingerprint density at radius 2 is 2.00 bits per heavy atom. The van der Waals surface area contributed by atoms with Crippen LogP contribution in [-0.4, -0.2) is 20.8 Å². The van der Waals surface area contributed by atoms with E-state index in [0.29, 0.717) is 22.8 Å². The first-order valence-electron chi connectivity index (χ1n) is 5.86. The SMILES string of the molecule is O=S1(=O)NC(=NCCc2cccs2)c2ccccc21. The number of amidine groups is 1. The van der Waals surface area contributed by atoms with Crippen LogP contribution < -0.4 is 4.72 Å². The second kappa shape index (κ2) is 4.79. The summed E-state index contributed by atoms with van der Waals surface area (Å²) in [5.74, 6) is 0.451. The number of aliphatic imine (C=N–C) groups is 1. The molecular weight excluding hydrogens is 280 g/mol. The molecule has 0 saturated heterocycles. The van der Waals surface area contributed by atoms with Gasteiger partial charge < -0.3 is 0 Å². The second-order valence-electron chi connectivity index (χ2n) is 4.16. The molecule has 3 rings (SSSR count). The molecular formula is C13H12N2O2S2. The summed E-state index contributed by atoms with van der Waals surface area (Å²) in [5, 5.41) is 2.02. The predicted octanol–water partition coefficient (Wildman–Crippen LogP) is 2.03. The highest BCUT2D eigenvalue weighted by Crippen LogP contribution is 2.22. The average Bonchev–Trinajstić information content (AvgIpc) is 2.98. The Balaban J connectivity index is 1.83. The lowest BCUT2D eigenvalue weighted by Gasteiger charge is -1.98. The molecule has 98 valence electrons. The van der Waals surface area contributed by atoms with Crippen molar-refractivity contribution in [1.82, 2.24) is 4.72 Å². The summed E-state index contributed by atoms with van der Waals surface area (Å²) in [6.07, 6.45) is 0.824. The number of hydrogen-bond donors (Lipinski definition) is 1. The lowest BCUT2D eigenvalue weighted by atomic mass is 10.2. The Kier molecular flexibility index (Phi) is 3.12. The van der Waals surface area contributed by atoms with Crippen LogP contribution in [0.4, 0.5) is 0 Å². The van der Waals surface area contributed by atoms with E-state index in [4.69, 9.17) is 0 Å². The van der Waals surface area contributed by atoms with Crippen molar-refractivity contribution >= 4 is 27.2 Å². The molecule has 0 fully saturated rings. The summed E-state index contributed by atoms with van der Waals surface area (Å²) in [6, 6.07) is 11.0.